The molecule has 0 bridgehead atoms. The minimum atomic E-state index is 0.240. The van der Waals surface area contributed by atoms with Crippen molar-refractivity contribution in [3.05, 3.63) is 48.7 Å². The molecule has 4 rings (SSSR count). The monoisotopic (exact) mass is 279 g/mol. The van der Waals surface area contributed by atoms with Crippen LogP contribution in [0.15, 0.2) is 48.7 Å². The Balaban J connectivity index is 1.87. The zero-order chi connectivity index (χ0) is 14.2. The summed E-state index contributed by atoms with van der Waals surface area (Å²) in [4.78, 5) is 6.99. The molecule has 3 heterocycles. The third-order valence-corrected chi connectivity index (χ3v) is 3.96. The summed E-state index contributed by atoms with van der Waals surface area (Å²) in [7, 11) is 0. The highest BCUT2D eigenvalue weighted by Crippen LogP contribution is 2.26. The van der Waals surface area contributed by atoms with Crippen LogP contribution in [0.2, 0.25) is 0 Å². The molecule has 5 nitrogen and oxygen atoms in total. The Morgan fingerprint density at radius 1 is 1.14 bits per heavy atom. The van der Waals surface area contributed by atoms with Crippen LogP contribution in [-0.4, -0.2) is 33.7 Å². The number of nitrogens with zero attached hydrogens (tertiary/aromatic N) is 4. The third-order valence-electron chi connectivity index (χ3n) is 3.96. The summed E-state index contributed by atoms with van der Waals surface area (Å²) in [5.74, 6) is 1.07. The minimum Gasteiger partial charge on any atom is -0.355 e. The van der Waals surface area contributed by atoms with Crippen molar-refractivity contribution in [2.45, 2.75) is 12.5 Å². The van der Waals surface area contributed by atoms with Gasteiger partial charge in [-0.05, 0) is 6.42 Å². The summed E-state index contributed by atoms with van der Waals surface area (Å²) in [6.07, 6.45) is 2.81. The molecule has 1 aromatic carbocycles. The Labute approximate surface area is 123 Å². The van der Waals surface area contributed by atoms with E-state index in [9.17, 15) is 0 Å². The summed E-state index contributed by atoms with van der Waals surface area (Å²) in [5, 5.41) is 4.39. The van der Waals surface area contributed by atoms with Gasteiger partial charge in [-0.25, -0.2) is 4.98 Å². The van der Waals surface area contributed by atoms with Crippen molar-refractivity contribution in [1.29, 1.82) is 0 Å². The normalized spacial score (nSPS) is 18.5. The smallest absolute Gasteiger partial charge is 0.157 e. The Morgan fingerprint density at radius 3 is 2.76 bits per heavy atom. The second-order valence-corrected chi connectivity index (χ2v) is 5.46. The molecule has 1 aliphatic rings. The van der Waals surface area contributed by atoms with E-state index in [1.807, 2.05) is 28.8 Å². The molecule has 0 spiro atoms. The van der Waals surface area contributed by atoms with Crippen LogP contribution in [0.5, 0.6) is 0 Å². The number of nitrogens with two attached hydrogens (primary N) is 1. The molecule has 0 unspecified atom stereocenters. The van der Waals surface area contributed by atoms with Gasteiger partial charge < -0.3 is 10.6 Å². The van der Waals surface area contributed by atoms with Crippen molar-refractivity contribution in [2.75, 3.05) is 18.0 Å². The molecule has 0 radical (unpaired) electrons. The van der Waals surface area contributed by atoms with E-state index >= 15 is 0 Å². The first-order chi connectivity index (χ1) is 10.3. The number of rotatable bonds is 2. The number of benzene rings is 1. The van der Waals surface area contributed by atoms with Gasteiger partial charge in [0.2, 0.25) is 0 Å². The molecule has 2 aromatic heterocycles. The highest BCUT2D eigenvalue weighted by molar-refractivity contribution is 5.67. The first-order valence-electron chi connectivity index (χ1n) is 7.22. The Morgan fingerprint density at radius 2 is 2.00 bits per heavy atom. The van der Waals surface area contributed by atoms with Crippen molar-refractivity contribution in [1.82, 2.24) is 14.6 Å². The molecule has 0 amide bonds. The lowest BCUT2D eigenvalue weighted by molar-refractivity contribution is 0.749. The van der Waals surface area contributed by atoms with E-state index in [1.54, 1.807) is 6.20 Å². The van der Waals surface area contributed by atoms with Gasteiger partial charge in [-0.2, -0.15) is 9.61 Å². The number of hydrogen-bond acceptors (Lipinski definition) is 4. The topological polar surface area (TPSA) is 59.5 Å². The number of fused-ring (bicyclic) bond motifs is 1. The standard InChI is InChI=1S/C16H17N5/c17-13-7-9-20(11-13)16-10-14(12-4-2-1-3-5-12)19-15-6-8-18-21(15)16/h1-6,8,10,13H,7,9,11,17H2/t13-/m0/s1. The third kappa shape index (κ3) is 2.15. The summed E-state index contributed by atoms with van der Waals surface area (Å²) in [6, 6.07) is 14.5. The number of aromatic nitrogens is 3. The first kappa shape index (κ1) is 12.3. The van der Waals surface area contributed by atoms with Crippen LogP contribution in [-0.2, 0) is 0 Å². The summed E-state index contributed by atoms with van der Waals surface area (Å²) in [6.45, 7) is 1.83. The van der Waals surface area contributed by atoms with E-state index < -0.39 is 0 Å². The van der Waals surface area contributed by atoms with Gasteiger partial charge in [0.15, 0.2) is 5.65 Å². The Hall–Kier alpha value is -2.40. The van der Waals surface area contributed by atoms with Crippen molar-refractivity contribution in [3.8, 4) is 11.3 Å². The van der Waals surface area contributed by atoms with Crippen molar-refractivity contribution >= 4 is 11.5 Å². The van der Waals surface area contributed by atoms with Gasteiger partial charge >= 0.3 is 0 Å². The zero-order valence-corrected chi connectivity index (χ0v) is 11.7. The molecule has 0 saturated carbocycles. The molecule has 5 heteroatoms. The predicted octanol–water partition coefficient (Wildman–Crippen LogP) is 1.93. The molecule has 2 N–H and O–H groups in total. The average Bonchev–Trinajstić information content (AvgIpc) is 3.15. The fourth-order valence-electron chi connectivity index (χ4n) is 2.87. The summed E-state index contributed by atoms with van der Waals surface area (Å²) < 4.78 is 1.89. The Kier molecular flexibility index (Phi) is 2.86. The summed E-state index contributed by atoms with van der Waals surface area (Å²) in [5.41, 5.74) is 9.00. The van der Waals surface area contributed by atoms with Crippen LogP contribution in [0.4, 0.5) is 5.82 Å². The molecule has 0 aliphatic carbocycles. The molecule has 1 atom stereocenters. The van der Waals surface area contributed by atoms with Crippen LogP contribution < -0.4 is 10.6 Å². The van der Waals surface area contributed by atoms with Crippen LogP contribution in [0.1, 0.15) is 6.42 Å². The van der Waals surface area contributed by atoms with Gasteiger partial charge in [0.1, 0.15) is 5.82 Å². The average molecular weight is 279 g/mol. The van der Waals surface area contributed by atoms with Crippen LogP contribution >= 0.6 is 0 Å². The maximum absolute atomic E-state index is 6.04. The number of hydrogen-bond donors (Lipinski definition) is 1. The molecule has 1 aliphatic heterocycles. The Bertz CT molecular complexity index is 765. The van der Waals surface area contributed by atoms with E-state index in [4.69, 9.17) is 10.7 Å². The van der Waals surface area contributed by atoms with Crippen molar-refractivity contribution in [2.24, 2.45) is 5.73 Å². The van der Waals surface area contributed by atoms with Gasteiger partial charge in [-0.3, -0.25) is 0 Å². The molecular formula is C16H17N5. The van der Waals surface area contributed by atoms with Gasteiger partial charge in [0, 0.05) is 36.8 Å². The van der Waals surface area contributed by atoms with Crippen molar-refractivity contribution < 1.29 is 0 Å². The zero-order valence-electron chi connectivity index (χ0n) is 11.7. The van der Waals surface area contributed by atoms with Gasteiger partial charge in [0.25, 0.3) is 0 Å². The van der Waals surface area contributed by atoms with Crippen LogP contribution in [0.3, 0.4) is 0 Å². The second-order valence-electron chi connectivity index (χ2n) is 5.46. The minimum absolute atomic E-state index is 0.240. The fourth-order valence-corrected chi connectivity index (χ4v) is 2.87. The quantitative estimate of drug-likeness (QED) is 0.778. The SMILES string of the molecule is N[C@H]1CCN(c2cc(-c3ccccc3)nc3ccnn23)C1. The van der Waals surface area contributed by atoms with Gasteiger partial charge in [-0.1, -0.05) is 30.3 Å². The maximum atomic E-state index is 6.04. The second kappa shape index (κ2) is 4.86. The first-order valence-corrected chi connectivity index (χ1v) is 7.22. The van der Waals surface area contributed by atoms with E-state index in [-0.39, 0.29) is 6.04 Å². The lowest BCUT2D eigenvalue weighted by atomic mass is 10.1. The molecule has 3 aromatic rings. The molecule has 106 valence electrons. The van der Waals surface area contributed by atoms with Crippen LogP contribution in [0.25, 0.3) is 16.9 Å². The summed E-state index contributed by atoms with van der Waals surface area (Å²) >= 11 is 0. The van der Waals surface area contributed by atoms with Gasteiger partial charge in [-0.15, -0.1) is 0 Å². The largest absolute Gasteiger partial charge is 0.355 e. The highest BCUT2D eigenvalue weighted by Gasteiger charge is 2.22. The van der Waals surface area contributed by atoms with E-state index in [1.165, 1.54) is 0 Å². The molecular weight excluding hydrogens is 262 g/mol. The molecule has 1 saturated heterocycles. The molecule has 21 heavy (non-hydrogen) atoms. The highest BCUT2D eigenvalue weighted by atomic mass is 15.4. The van der Waals surface area contributed by atoms with E-state index in [0.29, 0.717) is 0 Å². The van der Waals surface area contributed by atoms with E-state index in [2.05, 4.69) is 28.2 Å². The molecule has 1 fully saturated rings. The van der Waals surface area contributed by atoms with Gasteiger partial charge in [0.05, 0.1) is 11.9 Å². The van der Waals surface area contributed by atoms with Crippen LogP contribution in [0, 0.1) is 0 Å². The van der Waals surface area contributed by atoms with Crippen molar-refractivity contribution in [3.63, 3.8) is 0 Å². The lowest BCUT2D eigenvalue weighted by Gasteiger charge is -2.19. The predicted molar refractivity (Wildman–Crippen MR) is 83.2 cm³/mol. The van der Waals surface area contributed by atoms with E-state index in [0.717, 1.165) is 42.2 Å². The fraction of sp³-hybridized carbons (Fsp3) is 0.250. The maximum Gasteiger partial charge on any atom is 0.157 e. The lowest BCUT2D eigenvalue weighted by Crippen LogP contribution is -2.27. The number of anilines is 1.